The molecule has 5 heteroatoms. The molecule has 0 saturated heterocycles. The van der Waals surface area contributed by atoms with Gasteiger partial charge in [-0.05, 0) is 30.0 Å². The summed E-state index contributed by atoms with van der Waals surface area (Å²) in [6.07, 6.45) is 4.97. The highest BCUT2D eigenvalue weighted by molar-refractivity contribution is 5.78. The molecule has 0 bridgehead atoms. The Labute approximate surface area is 117 Å². The summed E-state index contributed by atoms with van der Waals surface area (Å²) >= 11 is 0. The van der Waals surface area contributed by atoms with Crippen LogP contribution in [0, 0.1) is 5.92 Å². The number of hydrogen-bond donors (Lipinski definition) is 2. The maximum Gasteiger partial charge on any atom is 0.231 e. The highest BCUT2D eigenvalue weighted by Gasteiger charge is 2.23. The minimum atomic E-state index is 0.286. The number of nitrogens with zero attached hydrogens (tertiary/aromatic N) is 1. The van der Waals surface area contributed by atoms with Gasteiger partial charge >= 0.3 is 0 Å². The number of benzene rings is 1. The summed E-state index contributed by atoms with van der Waals surface area (Å²) in [5.41, 5.74) is 9.22. The van der Waals surface area contributed by atoms with Crippen molar-refractivity contribution in [2.45, 2.75) is 25.7 Å². The number of anilines is 1. The molecule has 3 N–H and O–H groups in total. The highest BCUT2D eigenvalue weighted by atomic mass is 16.7. The average molecular weight is 271 g/mol. The van der Waals surface area contributed by atoms with Crippen LogP contribution in [0.3, 0.4) is 0 Å². The van der Waals surface area contributed by atoms with Crippen LogP contribution in [0.4, 0.5) is 5.82 Å². The molecule has 1 aliphatic carbocycles. The fraction of sp³-hybridized carbons (Fsp3) is 0.400. The third-order valence-electron chi connectivity index (χ3n) is 4.25. The van der Waals surface area contributed by atoms with Gasteiger partial charge in [-0.1, -0.05) is 25.3 Å². The van der Waals surface area contributed by atoms with Crippen LogP contribution in [-0.2, 0) is 6.42 Å². The summed E-state index contributed by atoms with van der Waals surface area (Å²) in [4.78, 5) is 0. The van der Waals surface area contributed by atoms with Crippen molar-refractivity contribution < 1.29 is 9.47 Å². The molecule has 1 fully saturated rings. The second-order valence-corrected chi connectivity index (χ2v) is 5.53. The number of rotatable bonds is 3. The summed E-state index contributed by atoms with van der Waals surface area (Å²) in [6.45, 7) is 0.286. The van der Waals surface area contributed by atoms with Crippen molar-refractivity contribution in [1.29, 1.82) is 0 Å². The van der Waals surface area contributed by atoms with E-state index < -0.39 is 0 Å². The lowest BCUT2D eigenvalue weighted by Crippen LogP contribution is -2.14. The maximum atomic E-state index is 6.04. The van der Waals surface area contributed by atoms with Gasteiger partial charge in [-0.2, -0.15) is 5.10 Å². The van der Waals surface area contributed by atoms with Crippen molar-refractivity contribution in [2.24, 2.45) is 5.92 Å². The molecule has 20 heavy (non-hydrogen) atoms. The first-order valence-corrected chi connectivity index (χ1v) is 7.04. The minimum absolute atomic E-state index is 0.286. The molecule has 2 heterocycles. The molecule has 5 nitrogen and oxygen atoms in total. The van der Waals surface area contributed by atoms with E-state index in [-0.39, 0.29) is 6.79 Å². The van der Waals surface area contributed by atoms with Crippen molar-refractivity contribution in [3.05, 3.63) is 23.9 Å². The van der Waals surface area contributed by atoms with E-state index in [4.69, 9.17) is 15.2 Å². The van der Waals surface area contributed by atoms with E-state index in [0.717, 1.165) is 40.7 Å². The van der Waals surface area contributed by atoms with Crippen molar-refractivity contribution >= 4 is 5.82 Å². The van der Waals surface area contributed by atoms with E-state index in [1.807, 2.05) is 18.2 Å². The van der Waals surface area contributed by atoms with Gasteiger partial charge in [0.05, 0.1) is 0 Å². The second kappa shape index (κ2) is 4.44. The molecule has 0 spiro atoms. The monoisotopic (exact) mass is 271 g/mol. The zero-order valence-corrected chi connectivity index (χ0v) is 11.2. The number of hydrogen-bond acceptors (Lipinski definition) is 4. The Kier molecular flexibility index (Phi) is 2.58. The van der Waals surface area contributed by atoms with Crippen LogP contribution in [0.1, 0.15) is 25.0 Å². The Morgan fingerprint density at radius 3 is 2.90 bits per heavy atom. The normalized spacial score (nSPS) is 17.2. The molecule has 1 aliphatic heterocycles. The van der Waals surface area contributed by atoms with Crippen LogP contribution in [0.5, 0.6) is 11.5 Å². The zero-order chi connectivity index (χ0) is 13.5. The number of fused-ring (bicyclic) bond motifs is 1. The van der Waals surface area contributed by atoms with E-state index in [1.54, 1.807) is 0 Å². The number of nitrogen functional groups attached to an aromatic ring is 1. The Balaban J connectivity index is 1.71. The van der Waals surface area contributed by atoms with Gasteiger partial charge in [-0.3, -0.25) is 5.10 Å². The van der Waals surface area contributed by atoms with Crippen LogP contribution in [0.25, 0.3) is 11.1 Å². The zero-order valence-electron chi connectivity index (χ0n) is 11.2. The topological polar surface area (TPSA) is 73.2 Å². The lowest BCUT2D eigenvalue weighted by atomic mass is 9.81. The lowest BCUT2D eigenvalue weighted by Gasteiger charge is -2.25. The third kappa shape index (κ3) is 1.81. The molecule has 1 aromatic heterocycles. The molecule has 4 rings (SSSR count). The second-order valence-electron chi connectivity index (χ2n) is 5.53. The molecule has 104 valence electrons. The number of aromatic amines is 1. The minimum Gasteiger partial charge on any atom is -0.454 e. The van der Waals surface area contributed by atoms with Gasteiger partial charge in [-0.25, -0.2) is 0 Å². The number of nitrogens with one attached hydrogen (secondary N) is 1. The molecule has 0 unspecified atom stereocenters. The Morgan fingerprint density at radius 2 is 2.10 bits per heavy atom. The standard InChI is InChI=1S/C15H17N3O2/c16-15-14(11(17-18-15)6-9-2-1-3-9)10-4-5-12-13(7-10)20-8-19-12/h4-5,7,9H,1-3,6,8H2,(H3,16,17,18). The van der Waals surface area contributed by atoms with Crippen molar-refractivity contribution in [3.63, 3.8) is 0 Å². The molecule has 1 aromatic carbocycles. The first-order valence-electron chi connectivity index (χ1n) is 7.04. The number of aromatic nitrogens is 2. The summed E-state index contributed by atoms with van der Waals surface area (Å²) in [5.74, 6) is 2.88. The van der Waals surface area contributed by atoms with Crippen LogP contribution >= 0.6 is 0 Å². The summed E-state index contributed by atoms with van der Waals surface area (Å²) in [7, 11) is 0. The molecular weight excluding hydrogens is 254 g/mol. The number of nitrogens with two attached hydrogens (primary N) is 1. The molecule has 1 saturated carbocycles. The number of H-pyrrole nitrogens is 1. The highest BCUT2D eigenvalue weighted by Crippen LogP contribution is 2.39. The fourth-order valence-corrected chi connectivity index (χ4v) is 2.90. The Morgan fingerprint density at radius 1 is 1.25 bits per heavy atom. The van der Waals surface area contributed by atoms with Gasteiger partial charge in [0, 0.05) is 11.3 Å². The van der Waals surface area contributed by atoms with Gasteiger partial charge in [-0.15, -0.1) is 0 Å². The smallest absolute Gasteiger partial charge is 0.231 e. The van der Waals surface area contributed by atoms with Gasteiger partial charge < -0.3 is 15.2 Å². The van der Waals surface area contributed by atoms with Crippen LogP contribution in [0.2, 0.25) is 0 Å². The predicted octanol–water partition coefficient (Wildman–Crippen LogP) is 2.73. The first-order chi connectivity index (χ1) is 9.81. The molecular formula is C15H17N3O2. The Hall–Kier alpha value is -2.17. The molecule has 0 radical (unpaired) electrons. The third-order valence-corrected chi connectivity index (χ3v) is 4.25. The van der Waals surface area contributed by atoms with E-state index in [1.165, 1.54) is 19.3 Å². The summed E-state index contributed by atoms with van der Waals surface area (Å²) in [5, 5.41) is 7.27. The largest absolute Gasteiger partial charge is 0.454 e. The Bertz CT molecular complexity index is 647. The van der Waals surface area contributed by atoms with Gasteiger partial charge in [0.25, 0.3) is 0 Å². The van der Waals surface area contributed by atoms with E-state index >= 15 is 0 Å². The summed E-state index contributed by atoms with van der Waals surface area (Å²) < 4.78 is 10.8. The van der Waals surface area contributed by atoms with Crippen molar-refractivity contribution in [1.82, 2.24) is 10.2 Å². The van der Waals surface area contributed by atoms with Gasteiger partial charge in [0.15, 0.2) is 17.3 Å². The molecule has 0 amide bonds. The fourth-order valence-electron chi connectivity index (χ4n) is 2.90. The average Bonchev–Trinajstić information content (AvgIpc) is 2.99. The van der Waals surface area contributed by atoms with Gasteiger partial charge in [0.1, 0.15) is 0 Å². The van der Waals surface area contributed by atoms with Crippen molar-refractivity contribution in [3.8, 4) is 22.6 Å². The number of ether oxygens (including phenoxy) is 2. The van der Waals surface area contributed by atoms with Crippen LogP contribution < -0.4 is 15.2 Å². The molecule has 0 atom stereocenters. The van der Waals surface area contributed by atoms with Crippen molar-refractivity contribution in [2.75, 3.05) is 12.5 Å². The molecule has 2 aromatic rings. The predicted molar refractivity (Wildman–Crippen MR) is 75.6 cm³/mol. The maximum absolute atomic E-state index is 6.04. The van der Waals surface area contributed by atoms with Gasteiger partial charge in [0.2, 0.25) is 6.79 Å². The van der Waals surface area contributed by atoms with E-state index in [9.17, 15) is 0 Å². The van der Waals surface area contributed by atoms with E-state index in [0.29, 0.717) is 5.82 Å². The first kappa shape index (κ1) is 11.6. The molecule has 2 aliphatic rings. The summed E-state index contributed by atoms with van der Waals surface area (Å²) in [6, 6.07) is 5.92. The van der Waals surface area contributed by atoms with Crippen LogP contribution in [0.15, 0.2) is 18.2 Å². The van der Waals surface area contributed by atoms with E-state index in [2.05, 4.69) is 10.2 Å². The quantitative estimate of drug-likeness (QED) is 0.900. The van der Waals surface area contributed by atoms with Crippen LogP contribution in [-0.4, -0.2) is 17.0 Å². The SMILES string of the molecule is Nc1n[nH]c(CC2CCC2)c1-c1ccc2c(c1)OCO2. The lowest BCUT2D eigenvalue weighted by molar-refractivity contribution is 0.174.